The molecule has 14 heteroatoms. The summed E-state index contributed by atoms with van der Waals surface area (Å²) in [5, 5.41) is 25.8. The summed E-state index contributed by atoms with van der Waals surface area (Å²) in [5.74, 6) is -1.54. The van der Waals surface area contributed by atoms with Gasteiger partial charge in [0.2, 0.25) is 5.90 Å². The molecular formula is C26H38N3O10P. The highest BCUT2D eigenvalue weighted by molar-refractivity contribution is 7.52. The van der Waals surface area contributed by atoms with Gasteiger partial charge in [0, 0.05) is 0 Å². The number of aliphatic hydroxyl groups is 2. The van der Waals surface area contributed by atoms with E-state index < -0.39 is 62.0 Å². The number of rotatable bonds is 12. The van der Waals surface area contributed by atoms with E-state index in [-0.39, 0.29) is 11.9 Å². The molecule has 1 aromatic rings. The molecule has 0 spiro atoms. The van der Waals surface area contributed by atoms with Crippen LogP contribution in [0.5, 0.6) is 5.75 Å². The van der Waals surface area contributed by atoms with Gasteiger partial charge in [-0.1, -0.05) is 38.1 Å². The normalized spacial score (nSPS) is 24.8. The highest BCUT2D eigenvalue weighted by atomic mass is 31.2. The molecule has 3 amide bonds. The van der Waals surface area contributed by atoms with Crippen LogP contribution in [0.1, 0.15) is 48.0 Å². The lowest BCUT2D eigenvalue weighted by Crippen LogP contribution is -2.45. The smallest absolute Gasteiger partial charge is 0.459 e. The number of nitrogens with one attached hydrogen (secondary N) is 2. The number of aliphatic hydroxyl groups excluding tert-OH is 1. The van der Waals surface area contributed by atoms with Crippen molar-refractivity contribution in [2.45, 2.75) is 77.9 Å². The van der Waals surface area contributed by atoms with E-state index in [1.165, 1.54) is 25.1 Å². The number of allylic oxidation sites excluding steroid dienone is 1. The van der Waals surface area contributed by atoms with E-state index in [0.717, 1.165) is 13.0 Å². The highest BCUT2D eigenvalue weighted by Gasteiger charge is 2.52. The molecule has 0 saturated carbocycles. The first-order valence-corrected chi connectivity index (χ1v) is 14.3. The van der Waals surface area contributed by atoms with Gasteiger partial charge in [0.1, 0.15) is 17.9 Å². The predicted molar refractivity (Wildman–Crippen MR) is 146 cm³/mol. The van der Waals surface area contributed by atoms with E-state index >= 15 is 0 Å². The standard InChI is InChI=1S/C26H38N3O10P/c1-7-11-21(30)27-25(33)28-24-26(6,34)22(31)20(38-24)15-36-40(35,39-19-12-9-8-10-13-19)29-18(5)23(32)37-17(4)14-16(2)3/h7-13,16-18,20,22,31,34H,14-15H2,1-6H3,(H,29,35)(H,27,30,33)/b11-7-,28-24?/t17?,18-,20+,22+,26+,40+/m0/s1. The van der Waals surface area contributed by atoms with Crippen LogP contribution in [-0.2, 0) is 28.2 Å². The van der Waals surface area contributed by atoms with E-state index in [4.69, 9.17) is 18.5 Å². The van der Waals surface area contributed by atoms with Crippen molar-refractivity contribution >= 4 is 31.6 Å². The highest BCUT2D eigenvalue weighted by Crippen LogP contribution is 2.46. The summed E-state index contributed by atoms with van der Waals surface area (Å²) in [7, 11) is -4.31. The van der Waals surface area contributed by atoms with Crippen LogP contribution >= 0.6 is 7.75 Å². The number of nitrogens with zero attached hydrogens (tertiary/aromatic N) is 1. The molecule has 6 atom stereocenters. The average Bonchev–Trinajstić information content (AvgIpc) is 3.05. The van der Waals surface area contributed by atoms with Gasteiger partial charge in [0.25, 0.3) is 5.91 Å². The van der Waals surface area contributed by atoms with Crippen LogP contribution < -0.4 is 14.9 Å². The zero-order valence-corrected chi connectivity index (χ0v) is 24.3. The number of hydrogen-bond donors (Lipinski definition) is 4. The lowest BCUT2D eigenvalue weighted by molar-refractivity contribution is -0.150. The fourth-order valence-corrected chi connectivity index (χ4v) is 5.18. The fourth-order valence-electron chi connectivity index (χ4n) is 3.68. The van der Waals surface area contributed by atoms with Crippen LogP contribution in [0.2, 0.25) is 0 Å². The van der Waals surface area contributed by atoms with Crippen LogP contribution in [0, 0.1) is 5.92 Å². The van der Waals surface area contributed by atoms with Crippen LogP contribution in [0.3, 0.4) is 0 Å². The first-order chi connectivity index (χ1) is 18.7. The molecule has 1 fully saturated rings. The molecule has 222 valence electrons. The van der Waals surface area contributed by atoms with Crippen molar-refractivity contribution in [1.29, 1.82) is 0 Å². The Morgan fingerprint density at radius 3 is 2.45 bits per heavy atom. The largest absolute Gasteiger partial charge is 0.470 e. The Hall–Kier alpha value is -3.09. The van der Waals surface area contributed by atoms with E-state index in [1.807, 2.05) is 19.2 Å². The number of benzene rings is 1. The second-order valence-corrected chi connectivity index (χ2v) is 11.6. The van der Waals surface area contributed by atoms with Crippen LogP contribution in [0.25, 0.3) is 0 Å². The summed E-state index contributed by atoms with van der Waals surface area (Å²) < 4.78 is 35.7. The molecule has 1 aromatic carbocycles. The van der Waals surface area contributed by atoms with Crippen molar-refractivity contribution in [3.05, 3.63) is 42.5 Å². The quantitative estimate of drug-likeness (QED) is 0.161. The Morgan fingerprint density at radius 1 is 1.20 bits per heavy atom. The summed E-state index contributed by atoms with van der Waals surface area (Å²) in [6, 6.07) is 5.80. The number of esters is 1. The van der Waals surface area contributed by atoms with Gasteiger partial charge >= 0.3 is 19.7 Å². The van der Waals surface area contributed by atoms with Gasteiger partial charge in [-0.2, -0.15) is 10.1 Å². The Bertz CT molecular complexity index is 1140. The molecular weight excluding hydrogens is 545 g/mol. The summed E-state index contributed by atoms with van der Waals surface area (Å²) in [6.07, 6.45) is -0.262. The van der Waals surface area contributed by atoms with E-state index in [1.54, 1.807) is 32.0 Å². The molecule has 1 aliphatic heterocycles. The minimum atomic E-state index is -4.31. The third-order valence-corrected chi connectivity index (χ3v) is 7.22. The molecule has 2 rings (SSSR count). The third-order valence-electron chi connectivity index (χ3n) is 5.58. The summed E-state index contributed by atoms with van der Waals surface area (Å²) >= 11 is 0. The van der Waals surface area contributed by atoms with E-state index in [0.29, 0.717) is 12.3 Å². The number of urea groups is 1. The molecule has 0 bridgehead atoms. The number of hydrogen-bond acceptors (Lipinski definition) is 10. The number of carbonyl (C=O) groups excluding carboxylic acids is 3. The second-order valence-electron chi connectivity index (χ2n) is 9.89. The molecule has 0 radical (unpaired) electrons. The molecule has 0 aliphatic carbocycles. The maximum atomic E-state index is 13.7. The maximum Gasteiger partial charge on any atom is 0.459 e. The minimum absolute atomic E-state index is 0.164. The molecule has 4 N–H and O–H groups in total. The van der Waals surface area contributed by atoms with Gasteiger partial charge in [-0.05, 0) is 58.2 Å². The minimum Gasteiger partial charge on any atom is -0.470 e. The summed E-state index contributed by atoms with van der Waals surface area (Å²) in [5.41, 5.74) is -2.14. The van der Waals surface area contributed by atoms with Crippen molar-refractivity contribution in [3.8, 4) is 5.75 Å². The molecule has 1 unspecified atom stereocenters. The van der Waals surface area contributed by atoms with Crippen LogP contribution in [0.15, 0.2) is 47.5 Å². The van der Waals surface area contributed by atoms with Gasteiger partial charge in [-0.25, -0.2) is 9.36 Å². The molecule has 0 aromatic heterocycles. The molecule has 40 heavy (non-hydrogen) atoms. The lowest BCUT2D eigenvalue weighted by atomic mass is 9.98. The summed E-state index contributed by atoms with van der Waals surface area (Å²) in [4.78, 5) is 39.8. The van der Waals surface area contributed by atoms with Gasteiger partial charge in [-0.15, -0.1) is 0 Å². The number of amides is 3. The molecule has 13 nitrogen and oxygen atoms in total. The van der Waals surface area contributed by atoms with Crippen molar-refractivity contribution < 1.29 is 47.7 Å². The Kier molecular flexibility index (Phi) is 12.0. The lowest BCUT2D eigenvalue weighted by Gasteiger charge is -2.25. The van der Waals surface area contributed by atoms with Crippen LogP contribution in [0.4, 0.5) is 4.79 Å². The van der Waals surface area contributed by atoms with Gasteiger partial charge in [0.15, 0.2) is 11.7 Å². The first kappa shape index (κ1) is 33.1. The monoisotopic (exact) mass is 583 g/mol. The zero-order chi connectivity index (χ0) is 30.1. The third kappa shape index (κ3) is 9.83. The average molecular weight is 584 g/mol. The Labute approximate surface area is 233 Å². The Morgan fingerprint density at radius 2 is 1.85 bits per heavy atom. The van der Waals surface area contributed by atoms with E-state index in [9.17, 15) is 29.2 Å². The first-order valence-electron chi connectivity index (χ1n) is 12.8. The topological polar surface area (TPSA) is 182 Å². The predicted octanol–water partition coefficient (Wildman–Crippen LogP) is 2.87. The van der Waals surface area contributed by atoms with Crippen molar-refractivity contribution in [3.63, 3.8) is 0 Å². The van der Waals surface area contributed by atoms with Crippen LogP contribution in [-0.4, -0.2) is 70.6 Å². The second kappa shape index (κ2) is 14.5. The maximum absolute atomic E-state index is 13.7. The zero-order valence-electron chi connectivity index (χ0n) is 23.4. The van der Waals surface area contributed by atoms with Gasteiger partial charge in [-0.3, -0.25) is 19.4 Å². The number of carbonyl (C=O) groups is 3. The molecule has 1 saturated heterocycles. The van der Waals surface area contributed by atoms with Gasteiger partial charge in [0.05, 0.1) is 12.7 Å². The summed E-state index contributed by atoms with van der Waals surface area (Å²) in [6.45, 7) is 9.27. The Balaban J connectivity index is 2.17. The van der Waals surface area contributed by atoms with Crippen molar-refractivity contribution in [2.75, 3.05) is 6.61 Å². The molecule has 1 aliphatic rings. The number of aliphatic imine (C=N–C) groups is 1. The van der Waals surface area contributed by atoms with Crippen molar-refractivity contribution in [1.82, 2.24) is 10.4 Å². The van der Waals surface area contributed by atoms with Crippen molar-refractivity contribution in [2.24, 2.45) is 10.9 Å². The fraction of sp³-hybridized carbons (Fsp3) is 0.538. The van der Waals surface area contributed by atoms with E-state index in [2.05, 4.69) is 10.1 Å². The number of imide groups is 1. The van der Waals surface area contributed by atoms with Gasteiger partial charge < -0.3 is 24.2 Å². The number of ether oxygens (including phenoxy) is 2. The number of para-hydroxylation sites is 1. The molecule has 1 heterocycles. The SMILES string of the molecule is C/C=C\C(=O)NC(=O)N=C1O[C@H](CO[P@](=O)(N[C@@H](C)C(=O)OC(C)CC(C)C)Oc2ccccc2)[C@@H](O)[C@@]1(C)O.